The Morgan fingerprint density at radius 2 is 2.14 bits per heavy atom. The third kappa shape index (κ3) is 5.34. The molecule has 21 heavy (non-hydrogen) atoms. The Hall–Kier alpha value is -1.03. The Morgan fingerprint density at radius 3 is 2.81 bits per heavy atom. The number of aromatic nitrogens is 1. The minimum absolute atomic E-state index is 0.307. The molecule has 1 unspecified atom stereocenters. The van der Waals surface area contributed by atoms with Crippen molar-refractivity contribution in [1.29, 1.82) is 0 Å². The van der Waals surface area contributed by atoms with Crippen LogP contribution in [0.15, 0.2) is 47.5 Å². The second-order valence-electron chi connectivity index (χ2n) is 5.01. The molecule has 0 bridgehead atoms. The van der Waals surface area contributed by atoms with Gasteiger partial charge in [-0.1, -0.05) is 30.7 Å². The number of rotatable bonds is 7. The van der Waals surface area contributed by atoms with Crippen LogP contribution in [-0.2, 0) is 0 Å². The van der Waals surface area contributed by atoms with E-state index in [1.54, 1.807) is 0 Å². The van der Waals surface area contributed by atoms with E-state index in [4.69, 9.17) is 11.6 Å². The Morgan fingerprint density at radius 1 is 1.29 bits per heavy atom. The van der Waals surface area contributed by atoms with Crippen molar-refractivity contribution in [2.75, 3.05) is 12.3 Å². The van der Waals surface area contributed by atoms with Gasteiger partial charge in [-0.3, -0.25) is 4.98 Å². The number of thioether (sulfide) groups is 1. The van der Waals surface area contributed by atoms with E-state index in [0.29, 0.717) is 6.04 Å². The van der Waals surface area contributed by atoms with Crippen molar-refractivity contribution in [2.45, 2.75) is 31.2 Å². The molecule has 4 heteroatoms. The van der Waals surface area contributed by atoms with Crippen LogP contribution in [0.1, 0.15) is 30.6 Å². The normalized spacial score (nSPS) is 12.3. The first kappa shape index (κ1) is 16.3. The van der Waals surface area contributed by atoms with Crippen LogP contribution in [0.3, 0.4) is 0 Å². The van der Waals surface area contributed by atoms with Crippen LogP contribution in [0.2, 0.25) is 5.02 Å². The van der Waals surface area contributed by atoms with Crippen molar-refractivity contribution in [1.82, 2.24) is 10.3 Å². The molecule has 0 spiro atoms. The molecule has 112 valence electrons. The van der Waals surface area contributed by atoms with Crippen LogP contribution >= 0.6 is 23.4 Å². The standard InChI is InChI=1S/C17H21ClN2S/c1-3-9-19-17(14-8-7-13(2)20-11-14)12-21-16-6-4-5-15(18)10-16/h4-8,10-11,17,19H,3,9,12H2,1-2H3. The number of hydrogen-bond acceptors (Lipinski definition) is 3. The van der Waals surface area contributed by atoms with Gasteiger partial charge in [-0.15, -0.1) is 11.8 Å². The largest absolute Gasteiger partial charge is 0.309 e. The number of benzene rings is 1. The Balaban J connectivity index is 2.04. The molecule has 1 N–H and O–H groups in total. The van der Waals surface area contributed by atoms with E-state index in [2.05, 4.69) is 35.4 Å². The van der Waals surface area contributed by atoms with Gasteiger partial charge in [0.1, 0.15) is 0 Å². The average molecular weight is 321 g/mol. The first-order valence-electron chi connectivity index (χ1n) is 7.23. The second-order valence-corrected chi connectivity index (χ2v) is 6.54. The first-order chi connectivity index (χ1) is 10.2. The fraction of sp³-hybridized carbons (Fsp3) is 0.353. The summed E-state index contributed by atoms with van der Waals surface area (Å²) in [5.74, 6) is 0.963. The summed E-state index contributed by atoms with van der Waals surface area (Å²) in [4.78, 5) is 5.61. The van der Waals surface area contributed by atoms with Crippen molar-refractivity contribution >= 4 is 23.4 Å². The molecule has 2 rings (SSSR count). The topological polar surface area (TPSA) is 24.9 Å². The minimum atomic E-state index is 0.307. The summed E-state index contributed by atoms with van der Waals surface area (Å²) >= 11 is 7.86. The van der Waals surface area contributed by atoms with E-state index in [9.17, 15) is 0 Å². The monoisotopic (exact) mass is 320 g/mol. The molecule has 0 aliphatic heterocycles. The van der Waals surface area contributed by atoms with Gasteiger partial charge in [0.05, 0.1) is 0 Å². The maximum absolute atomic E-state index is 6.04. The molecule has 0 fully saturated rings. The highest BCUT2D eigenvalue weighted by molar-refractivity contribution is 7.99. The summed E-state index contributed by atoms with van der Waals surface area (Å²) < 4.78 is 0. The van der Waals surface area contributed by atoms with Crippen LogP contribution in [-0.4, -0.2) is 17.3 Å². The number of halogens is 1. The van der Waals surface area contributed by atoms with E-state index >= 15 is 0 Å². The average Bonchev–Trinajstić information content (AvgIpc) is 2.49. The summed E-state index contributed by atoms with van der Waals surface area (Å²) in [5, 5.41) is 4.38. The van der Waals surface area contributed by atoms with E-state index in [1.165, 1.54) is 10.5 Å². The number of pyridine rings is 1. The molecule has 1 atom stereocenters. The molecule has 2 nitrogen and oxygen atoms in total. The lowest BCUT2D eigenvalue weighted by atomic mass is 10.1. The third-order valence-electron chi connectivity index (χ3n) is 3.19. The zero-order valence-electron chi connectivity index (χ0n) is 12.5. The van der Waals surface area contributed by atoms with Crippen LogP contribution in [0.5, 0.6) is 0 Å². The SMILES string of the molecule is CCCNC(CSc1cccc(Cl)c1)c1ccc(C)nc1. The van der Waals surface area contributed by atoms with Gasteiger partial charge in [0.15, 0.2) is 0 Å². The Labute approximate surface area is 136 Å². The van der Waals surface area contributed by atoms with E-state index in [-0.39, 0.29) is 0 Å². The Bertz CT molecular complexity index is 557. The van der Waals surface area contributed by atoms with Crippen molar-refractivity contribution in [3.8, 4) is 0 Å². The molecule has 0 radical (unpaired) electrons. The van der Waals surface area contributed by atoms with Crippen LogP contribution in [0, 0.1) is 6.92 Å². The molecule has 1 aromatic carbocycles. The predicted octanol–water partition coefficient (Wildman–Crippen LogP) is 4.88. The lowest BCUT2D eigenvalue weighted by Crippen LogP contribution is -2.24. The van der Waals surface area contributed by atoms with Crippen molar-refractivity contribution in [3.05, 3.63) is 58.9 Å². The predicted molar refractivity (Wildman–Crippen MR) is 92.2 cm³/mol. The lowest BCUT2D eigenvalue weighted by molar-refractivity contribution is 0.575. The van der Waals surface area contributed by atoms with Gasteiger partial charge in [0.25, 0.3) is 0 Å². The molecule has 0 saturated carbocycles. The summed E-state index contributed by atoms with van der Waals surface area (Å²) in [6.07, 6.45) is 3.10. The highest BCUT2D eigenvalue weighted by atomic mass is 35.5. The minimum Gasteiger partial charge on any atom is -0.309 e. The van der Waals surface area contributed by atoms with Gasteiger partial charge in [-0.2, -0.15) is 0 Å². The molecular weight excluding hydrogens is 300 g/mol. The number of nitrogens with one attached hydrogen (secondary N) is 1. The van der Waals surface area contributed by atoms with Crippen LogP contribution in [0.4, 0.5) is 0 Å². The van der Waals surface area contributed by atoms with Gasteiger partial charge in [0.2, 0.25) is 0 Å². The number of aryl methyl sites for hydroxylation is 1. The maximum atomic E-state index is 6.04. The number of nitrogens with zero attached hydrogens (tertiary/aromatic N) is 1. The van der Waals surface area contributed by atoms with E-state index in [0.717, 1.165) is 29.4 Å². The molecule has 0 saturated heterocycles. The van der Waals surface area contributed by atoms with Crippen molar-refractivity contribution < 1.29 is 0 Å². The summed E-state index contributed by atoms with van der Waals surface area (Å²) in [5.41, 5.74) is 2.29. The molecule has 0 amide bonds. The van der Waals surface area contributed by atoms with Gasteiger partial charge in [0, 0.05) is 33.6 Å². The molecule has 1 heterocycles. The van der Waals surface area contributed by atoms with Gasteiger partial charge >= 0.3 is 0 Å². The summed E-state index contributed by atoms with van der Waals surface area (Å²) in [7, 11) is 0. The third-order valence-corrected chi connectivity index (χ3v) is 4.51. The van der Waals surface area contributed by atoms with Crippen LogP contribution in [0.25, 0.3) is 0 Å². The molecule has 2 aromatic rings. The lowest BCUT2D eigenvalue weighted by Gasteiger charge is -2.18. The molecule has 1 aromatic heterocycles. The second kappa shape index (κ2) is 8.42. The maximum Gasteiger partial charge on any atom is 0.0430 e. The smallest absolute Gasteiger partial charge is 0.0430 e. The Kier molecular flexibility index (Phi) is 6.55. The van der Waals surface area contributed by atoms with Crippen molar-refractivity contribution in [2.24, 2.45) is 0 Å². The summed E-state index contributed by atoms with van der Waals surface area (Å²) in [6, 6.07) is 12.5. The molecule has 0 aliphatic carbocycles. The van der Waals surface area contributed by atoms with E-state index in [1.807, 2.05) is 43.1 Å². The fourth-order valence-electron chi connectivity index (χ4n) is 2.01. The summed E-state index contributed by atoms with van der Waals surface area (Å²) in [6.45, 7) is 5.20. The zero-order valence-corrected chi connectivity index (χ0v) is 14.0. The van der Waals surface area contributed by atoms with Gasteiger partial charge in [-0.05, 0) is 49.7 Å². The zero-order chi connectivity index (χ0) is 15.1. The van der Waals surface area contributed by atoms with E-state index < -0.39 is 0 Å². The highest BCUT2D eigenvalue weighted by Gasteiger charge is 2.11. The quantitative estimate of drug-likeness (QED) is 0.736. The van der Waals surface area contributed by atoms with Crippen LogP contribution < -0.4 is 5.32 Å². The molecule has 0 aliphatic rings. The molecular formula is C17H21ClN2S. The first-order valence-corrected chi connectivity index (χ1v) is 8.59. The van der Waals surface area contributed by atoms with Crippen molar-refractivity contribution in [3.63, 3.8) is 0 Å². The highest BCUT2D eigenvalue weighted by Crippen LogP contribution is 2.26. The fourth-order valence-corrected chi connectivity index (χ4v) is 3.32. The van der Waals surface area contributed by atoms with Gasteiger partial charge in [-0.25, -0.2) is 0 Å². The van der Waals surface area contributed by atoms with Gasteiger partial charge < -0.3 is 5.32 Å². The number of hydrogen-bond donors (Lipinski definition) is 1.